The van der Waals surface area contributed by atoms with E-state index >= 15 is 4.39 Å². The number of pyridine rings is 1. The smallest absolute Gasteiger partial charge is 0.237 e. The van der Waals surface area contributed by atoms with Crippen molar-refractivity contribution in [2.24, 2.45) is 0 Å². The highest BCUT2D eigenvalue weighted by Crippen LogP contribution is 2.44. The highest BCUT2D eigenvalue weighted by atomic mass is 32.2. The molecule has 0 unspecified atom stereocenters. The molecule has 0 spiro atoms. The Kier molecular flexibility index (Phi) is 6.75. The third kappa shape index (κ3) is 4.67. The summed E-state index contributed by atoms with van der Waals surface area (Å²) in [5, 5.41) is 20.2. The maximum atomic E-state index is 15.5. The number of benzene rings is 2. The number of rotatable bonds is 8. The molecule has 1 fully saturated rings. The fraction of sp³-hybridized carbons (Fsp3) is 0.250. The first-order valence-electron chi connectivity index (χ1n) is 12.3. The van der Waals surface area contributed by atoms with E-state index < -0.39 is 15.8 Å². The number of hydrogen-bond acceptors (Lipinski definition) is 6. The molecule has 0 amide bonds. The number of ether oxygens (including phenoxy) is 1. The van der Waals surface area contributed by atoms with Crippen molar-refractivity contribution in [2.75, 3.05) is 10.5 Å². The van der Waals surface area contributed by atoms with Crippen LogP contribution in [0.15, 0.2) is 54.7 Å². The molecule has 192 valence electrons. The Balaban J connectivity index is 1.63. The molecule has 8 nitrogen and oxygen atoms in total. The lowest BCUT2D eigenvalue weighted by Gasteiger charge is -2.30. The molecule has 1 N–H and O–H groups in total. The van der Waals surface area contributed by atoms with Crippen LogP contribution in [-0.4, -0.2) is 23.7 Å². The number of nitrogens with zero attached hydrogens (tertiary/aromatic N) is 4. The van der Waals surface area contributed by atoms with Crippen molar-refractivity contribution in [1.82, 2.24) is 9.55 Å². The van der Waals surface area contributed by atoms with Crippen LogP contribution in [-0.2, 0) is 10.0 Å². The summed E-state index contributed by atoms with van der Waals surface area (Å²) in [6, 6.07) is 17.0. The Morgan fingerprint density at radius 3 is 2.63 bits per heavy atom. The predicted molar refractivity (Wildman–Crippen MR) is 142 cm³/mol. The summed E-state index contributed by atoms with van der Waals surface area (Å²) in [5.41, 5.74) is 2.11. The molecule has 2 aromatic carbocycles. The van der Waals surface area contributed by atoms with E-state index in [0.29, 0.717) is 34.3 Å². The van der Waals surface area contributed by atoms with E-state index in [2.05, 4.69) is 21.8 Å². The van der Waals surface area contributed by atoms with E-state index in [0.717, 1.165) is 25.3 Å². The highest BCUT2D eigenvalue weighted by molar-refractivity contribution is 7.92. The number of nitrogens with one attached hydrogen (secondary N) is 1. The summed E-state index contributed by atoms with van der Waals surface area (Å²) < 4.78 is 50.2. The van der Waals surface area contributed by atoms with Gasteiger partial charge in [0.15, 0.2) is 0 Å². The van der Waals surface area contributed by atoms with Crippen LogP contribution >= 0.6 is 0 Å². The molecule has 2 heterocycles. The van der Waals surface area contributed by atoms with Crippen LogP contribution in [0.5, 0.6) is 11.6 Å². The zero-order valence-corrected chi connectivity index (χ0v) is 21.4. The first kappa shape index (κ1) is 25.2. The van der Waals surface area contributed by atoms with Crippen LogP contribution < -0.4 is 9.46 Å². The summed E-state index contributed by atoms with van der Waals surface area (Å²) >= 11 is 0. The summed E-state index contributed by atoms with van der Waals surface area (Å²) in [5.74, 6) is -0.0963. The fourth-order valence-corrected chi connectivity index (χ4v) is 5.82. The Hall–Kier alpha value is -4.41. The number of fused-ring (bicyclic) bond motifs is 1. The minimum absolute atomic E-state index is 0.0658. The van der Waals surface area contributed by atoms with E-state index in [1.807, 2.05) is 4.57 Å². The Morgan fingerprint density at radius 2 is 1.97 bits per heavy atom. The Morgan fingerprint density at radius 1 is 1.16 bits per heavy atom. The van der Waals surface area contributed by atoms with Gasteiger partial charge in [-0.3, -0.25) is 4.72 Å². The summed E-state index contributed by atoms with van der Waals surface area (Å²) in [6.07, 6.45) is 4.74. The van der Waals surface area contributed by atoms with Gasteiger partial charge in [0.25, 0.3) is 0 Å². The lowest BCUT2D eigenvalue weighted by molar-refractivity contribution is 0.323. The Bertz CT molecular complexity index is 1730. The second-order valence-electron chi connectivity index (χ2n) is 9.15. The molecule has 0 radical (unpaired) electrons. The molecule has 10 heteroatoms. The average molecular weight is 530 g/mol. The molecule has 0 bridgehead atoms. The number of hydrogen-bond donors (Lipinski definition) is 1. The number of anilines is 1. The van der Waals surface area contributed by atoms with Gasteiger partial charge >= 0.3 is 0 Å². The molecule has 0 saturated heterocycles. The molecular weight excluding hydrogens is 505 g/mol. The van der Waals surface area contributed by atoms with E-state index in [1.54, 1.807) is 37.3 Å². The third-order valence-corrected chi connectivity index (χ3v) is 8.10. The van der Waals surface area contributed by atoms with Crippen molar-refractivity contribution < 1.29 is 17.5 Å². The minimum atomic E-state index is -3.58. The van der Waals surface area contributed by atoms with E-state index in [-0.39, 0.29) is 34.5 Å². The highest BCUT2D eigenvalue weighted by Gasteiger charge is 2.29. The second kappa shape index (κ2) is 10.2. The van der Waals surface area contributed by atoms with Crippen LogP contribution in [0.4, 0.5) is 10.1 Å². The topological polar surface area (TPSA) is 121 Å². The van der Waals surface area contributed by atoms with Crippen LogP contribution in [0.25, 0.3) is 22.2 Å². The van der Waals surface area contributed by atoms with E-state index in [4.69, 9.17) is 4.74 Å². The molecule has 0 atom stereocenters. The third-order valence-electron chi connectivity index (χ3n) is 6.60. The standard InChI is InChI=1S/C28H24FN5O3S/c1-2-13-38(35,36)33-19-8-10-23(25(29)14-19)27-24(17-31)22-11-9-21(15-26(22)34(27)20-6-3-7-20)37-28-18(16-30)5-4-12-32-28/h4-5,8-12,14-15,20,33H,2-3,6-7,13H2,1H3. The molecule has 1 saturated carbocycles. The fourth-order valence-electron chi connectivity index (χ4n) is 4.69. The van der Waals surface area contributed by atoms with Crippen molar-refractivity contribution in [2.45, 2.75) is 38.6 Å². The van der Waals surface area contributed by atoms with Gasteiger partial charge in [-0.05, 0) is 68.1 Å². The van der Waals surface area contributed by atoms with Crippen molar-refractivity contribution in [3.8, 4) is 35.0 Å². The summed E-state index contributed by atoms with van der Waals surface area (Å²) in [4.78, 5) is 4.15. The van der Waals surface area contributed by atoms with E-state index in [9.17, 15) is 18.9 Å². The van der Waals surface area contributed by atoms with Crippen molar-refractivity contribution in [3.05, 3.63) is 71.7 Å². The maximum Gasteiger partial charge on any atom is 0.237 e. The van der Waals surface area contributed by atoms with Gasteiger partial charge < -0.3 is 9.30 Å². The predicted octanol–water partition coefficient (Wildman–Crippen LogP) is 6.25. The van der Waals surface area contributed by atoms with E-state index in [1.165, 1.54) is 18.3 Å². The molecule has 5 rings (SSSR count). The second-order valence-corrected chi connectivity index (χ2v) is 11.0. The van der Waals surface area contributed by atoms with Gasteiger partial charge in [-0.2, -0.15) is 10.5 Å². The molecule has 1 aliphatic carbocycles. The first-order chi connectivity index (χ1) is 18.3. The lowest BCUT2D eigenvalue weighted by atomic mass is 9.92. The SMILES string of the molecule is CCCS(=O)(=O)Nc1ccc(-c2c(C#N)c3ccc(Oc4ncccc4C#N)cc3n2C2CCC2)c(F)c1. The summed E-state index contributed by atoms with van der Waals surface area (Å²) in [7, 11) is -3.58. The molecule has 0 aliphatic heterocycles. The quantitative estimate of drug-likeness (QED) is 0.288. The van der Waals surface area contributed by atoms with Crippen LogP contribution in [0, 0.1) is 28.5 Å². The van der Waals surface area contributed by atoms with Gasteiger partial charge in [-0.1, -0.05) is 6.92 Å². The number of nitriles is 2. The van der Waals surface area contributed by atoms with Gasteiger partial charge in [-0.15, -0.1) is 0 Å². The lowest BCUT2D eigenvalue weighted by Crippen LogP contribution is -2.18. The van der Waals surface area contributed by atoms with Gasteiger partial charge in [0, 0.05) is 29.3 Å². The maximum absolute atomic E-state index is 15.5. The summed E-state index contributed by atoms with van der Waals surface area (Å²) in [6.45, 7) is 1.75. The zero-order valence-electron chi connectivity index (χ0n) is 20.6. The van der Waals surface area contributed by atoms with Gasteiger partial charge in [0.05, 0.1) is 28.2 Å². The number of sulfonamides is 1. The van der Waals surface area contributed by atoms with Crippen LogP contribution in [0.2, 0.25) is 0 Å². The van der Waals surface area contributed by atoms with Crippen molar-refractivity contribution in [1.29, 1.82) is 10.5 Å². The van der Waals surface area contributed by atoms with Crippen molar-refractivity contribution >= 4 is 26.6 Å². The largest absolute Gasteiger partial charge is 0.438 e. The monoisotopic (exact) mass is 529 g/mol. The molecule has 4 aromatic rings. The molecule has 38 heavy (non-hydrogen) atoms. The average Bonchev–Trinajstić information content (AvgIpc) is 3.16. The zero-order chi connectivity index (χ0) is 26.9. The van der Waals surface area contributed by atoms with Crippen LogP contribution in [0.1, 0.15) is 49.8 Å². The number of halogens is 1. The van der Waals surface area contributed by atoms with Gasteiger partial charge in [0.1, 0.15) is 29.3 Å². The molecule has 1 aliphatic rings. The Labute approximate surface area is 220 Å². The first-order valence-corrected chi connectivity index (χ1v) is 13.9. The minimum Gasteiger partial charge on any atom is -0.438 e. The number of aromatic nitrogens is 2. The molecule has 2 aromatic heterocycles. The van der Waals surface area contributed by atoms with Gasteiger partial charge in [-0.25, -0.2) is 17.8 Å². The molecular formula is C28H24FN5O3S. The van der Waals surface area contributed by atoms with Gasteiger partial charge in [0.2, 0.25) is 15.9 Å². The van der Waals surface area contributed by atoms with Crippen LogP contribution in [0.3, 0.4) is 0 Å². The van der Waals surface area contributed by atoms with Crippen molar-refractivity contribution in [3.63, 3.8) is 0 Å². The normalized spacial score (nSPS) is 13.5.